The van der Waals surface area contributed by atoms with Crippen LogP contribution in [0.5, 0.6) is 0 Å². The molecule has 6 unspecified atom stereocenters. The van der Waals surface area contributed by atoms with Crippen molar-refractivity contribution in [2.75, 3.05) is 19.8 Å². The van der Waals surface area contributed by atoms with Crippen molar-refractivity contribution < 1.29 is 58.3 Å². The Morgan fingerprint density at radius 2 is 0.934 bits per heavy atom. The third kappa shape index (κ3) is 30.9. The Kier molecular flexibility index (Phi) is 36.4. The Balaban J connectivity index is 2.36. The maximum absolute atomic E-state index is 12.8. The molecule has 0 aromatic heterocycles. The number of unbranched alkanes of at least 4 members (excludes halogenated alkanes) is 20. The summed E-state index contributed by atoms with van der Waals surface area (Å²) in [5, 5.41) is 50.2. The molecule has 0 aliphatic heterocycles. The van der Waals surface area contributed by atoms with E-state index in [1.54, 1.807) is 0 Å². The SMILES string of the molecule is CC/C=C\C/C=C\C/C=C\C/C=C\CCC(=O)OC(COCCCCCCCCCCCCCCCCCCCCCCC)COP(=O)(O)OC1C(O)C(O)C(O)C(O)C1O. The maximum Gasteiger partial charge on any atom is 0.472 e. The van der Waals surface area contributed by atoms with Gasteiger partial charge >= 0.3 is 13.8 Å². The Labute approximate surface area is 369 Å². The molecule has 12 nitrogen and oxygen atoms in total. The molecule has 0 aromatic rings. The fourth-order valence-corrected chi connectivity index (χ4v) is 8.17. The Hall–Kier alpha value is -1.70. The van der Waals surface area contributed by atoms with Crippen molar-refractivity contribution in [2.24, 2.45) is 0 Å². The number of aliphatic hydroxyl groups is 5. The zero-order chi connectivity index (χ0) is 44.8. The Morgan fingerprint density at radius 1 is 0.541 bits per heavy atom. The number of esters is 1. The molecule has 13 heteroatoms. The van der Waals surface area contributed by atoms with Gasteiger partial charge in [-0.05, 0) is 38.5 Å². The molecule has 6 N–H and O–H groups in total. The molecule has 6 atom stereocenters. The number of carbonyl (C=O) groups is 1. The van der Waals surface area contributed by atoms with Gasteiger partial charge in [-0.1, -0.05) is 191 Å². The summed E-state index contributed by atoms with van der Waals surface area (Å²) in [7, 11) is -5.04. The third-order valence-electron chi connectivity index (χ3n) is 11.0. The molecular formula is C48H87O12P. The van der Waals surface area contributed by atoms with Gasteiger partial charge in [-0.2, -0.15) is 0 Å². The minimum Gasteiger partial charge on any atom is -0.457 e. The lowest BCUT2D eigenvalue weighted by Crippen LogP contribution is -2.64. The van der Waals surface area contributed by atoms with E-state index in [1.165, 1.54) is 116 Å². The summed E-state index contributed by atoms with van der Waals surface area (Å²) in [6, 6.07) is 0. The first-order valence-electron chi connectivity index (χ1n) is 24.0. The number of rotatable bonds is 40. The van der Waals surface area contributed by atoms with Crippen molar-refractivity contribution in [3.63, 3.8) is 0 Å². The van der Waals surface area contributed by atoms with E-state index < -0.39 is 63.1 Å². The molecule has 1 saturated carbocycles. The highest BCUT2D eigenvalue weighted by atomic mass is 31.2. The quantitative estimate of drug-likeness (QED) is 0.0148. The van der Waals surface area contributed by atoms with Gasteiger partial charge in [-0.3, -0.25) is 13.8 Å². The average Bonchev–Trinajstić information content (AvgIpc) is 3.24. The molecule has 1 rings (SSSR count). The fourth-order valence-electron chi connectivity index (χ4n) is 7.19. The van der Waals surface area contributed by atoms with Crippen molar-refractivity contribution in [3.05, 3.63) is 48.6 Å². The first-order valence-corrected chi connectivity index (χ1v) is 25.5. The molecular weight excluding hydrogens is 799 g/mol. The number of hydrogen-bond donors (Lipinski definition) is 6. The first kappa shape index (κ1) is 57.3. The summed E-state index contributed by atoms with van der Waals surface area (Å²) in [5.41, 5.74) is 0. The second kappa shape index (κ2) is 38.7. The zero-order valence-electron chi connectivity index (χ0n) is 38.0. The molecule has 61 heavy (non-hydrogen) atoms. The molecule has 356 valence electrons. The summed E-state index contributed by atoms with van der Waals surface area (Å²) < 4.78 is 34.1. The van der Waals surface area contributed by atoms with E-state index >= 15 is 0 Å². The molecule has 1 aliphatic carbocycles. The summed E-state index contributed by atoms with van der Waals surface area (Å²) in [6.07, 6.45) is 35.0. The lowest BCUT2D eigenvalue weighted by atomic mass is 9.85. The van der Waals surface area contributed by atoms with Crippen LogP contribution in [0.15, 0.2) is 48.6 Å². The molecule has 0 radical (unpaired) electrons. The van der Waals surface area contributed by atoms with Gasteiger partial charge in [0.25, 0.3) is 0 Å². The van der Waals surface area contributed by atoms with Crippen LogP contribution in [-0.4, -0.2) is 98.9 Å². The predicted octanol–water partition coefficient (Wildman–Crippen LogP) is 10.0. The Morgan fingerprint density at radius 3 is 1.38 bits per heavy atom. The molecule has 1 fully saturated rings. The van der Waals surface area contributed by atoms with Crippen molar-refractivity contribution >= 4 is 13.8 Å². The zero-order valence-corrected chi connectivity index (χ0v) is 38.8. The lowest BCUT2D eigenvalue weighted by Gasteiger charge is -2.41. The Bertz CT molecular complexity index is 1190. The van der Waals surface area contributed by atoms with E-state index in [2.05, 4.69) is 50.3 Å². The van der Waals surface area contributed by atoms with Gasteiger partial charge in [0, 0.05) is 13.0 Å². The van der Waals surface area contributed by atoms with Crippen LogP contribution in [-0.2, 0) is 27.9 Å². The molecule has 0 aromatic carbocycles. The van der Waals surface area contributed by atoms with Crippen molar-refractivity contribution in [1.82, 2.24) is 0 Å². The minimum atomic E-state index is -5.04. The average molecular weight is 887 g/mol. The monoisotopic (exact) mass is 887 g/mol. The van der Waals surface area contributed by atoms with Crippen LogP contribution in [0.25, 0.3) is 0 Å². The van der Waals surface area contributed by atoms with Crippen LogP contribution < -0.4 is 0 Å². The standard InChI is InChI=1S/C48H87O12P/c1-3-5-7-9-11-13-15-17-18-19-20-21-22-23-24-26-28-30-32-34-36-38-57-39-41(40-58-61(55,56)60-48-46(53)44(51)43(50)45(52)47(48)54)59-42(49)37-35-33-31-29-27-25-16-14-12-10-8-6-4-2/h6,8,12,14,25,27,31,33,41,43-48,50-54H,3-5,7,9-11,13,15-24,26,28-30,32,34-40H2,1-2H3,(H,55,56)/b8-6-,14-12-,27-25-,33-31-. The van der Waals surface area contributed by atoms with Crippen LogP contribution in [0.3, 0.4) is 0 Å². The van der Waals surface area contributed by atoms with Gasteiger partial charge in [0.1, 0.15) is 42.7 Å². The van der Waals surface area contributed by atoms with Gasteiger partial charge in [0.15, 0.2) is 0 Å². The largest absolute Gasteiger partial charge is 0.472 e. The molecule has 0 heterocycles. The number of ether oxygens (including phenoxy) is 2. The van der Waals surface area contributed by atoms with E-state index in [0.29, 0.717) is 13.0 Å². The first-order chi connectivity index (χ1) is 29.5. The second-order valence-electron chi connectivity index (χ2n) is 16.6. The number of hydrogen-bond acceptors (Lipinski definition) is 11. The number of phosphoric acid groups is 1. The van der Waals surface area contributed by atoms with Crippen LogP contribution in [0, 0.1) is 0 Å². The highest BCUT2D eigenvalue weighted by Gasteiger charge is 2.51. The van der Waals surface area contributed by atoms with Gasteiger partial charge in [-0.15, -0.1) is 0 Å². The van der Waals surface area contributed by atoms with Gasteiger partial charge in [0.05, 0.1) is 13.2 Å². The van der Waals surface area contributed by atoms with Gasteiger partial charge in [-0.25, -0.2) is 4.57 Å². The summed E-state index contributed by atoms with van der Waals surface area (Å²) >= 11 is 0. The van der Waals surface area contributed by atoms with E-state index in [0.717, 1.165) is 44.9 Å². The normalized spacial score (nSPS) is 22.6. The number of phosphoric ester groups is 1. The van der Waals surface area contributed by atoms with E-state index in [1.807, 2.05) is 12.2 Å². The van der Waals surface area contributed by atoms with Crippen LogP contribution in [0.4, 0.5) is 0 Å². The van der Waals surface area contributed by atoms with Crippen molar-refractivity contribution in [3.8, 4) is 0 Å². The van der Waals surface area contributed by atoms with Crippen LogP contribution in [0.1, 0.15) is 187 Å². The highest BCUT2D eigenvalue weighted by molar-refractivity contribution is 7.47. The van der Waals surface area contributed by atoms with Crippen molar-refractivity contribution in [2.45, 2.75) is 230 Å². The van der Waals surface area contributed by atoms with Gasteiger partial charge < -0.3 is 39.9 Å². The summed E-state index contributed by atoms with van der Waals surface area (Å²) in [5.74, 6) is -0.555. The number of carbonyl (C=O) groups excluding carboxylic acids is 1. The lowest BCUT2D eigenvalue weighted by molar-refractivity contribution is -0.220. The fraction of sp³-hybridized carbons (Fsp3) is 0.812. The van der Waals surface area contributed by atoms with E-state index in [-0.39, 0.29) is 13.0 Å². The van der Waals surface area contributed by atoms with Gasteiger partial charge in [0.2, 0.25) is 0 Å². The highest BCUT2D eigenvalue weighted by Crippen LogP contribution is 2.47. The second-order valence-corrected chi connectivity index (χ2v) is 18.0. The topological polar surface area (TPSA) is 192 Å². The maximum atomic E-state index is 12.8. The minimum absolute atomic E-state index is 0.0655. The molecule has 0 bridgehead atoms. The smallest absolute Gasteiger partial charge is 0.457 e. The number of aliphatic hydroxyl groups excluding tert-OH is 5. The molecule has 0 amide bonds. The van der Waals surface area contributed by atoms with E-state index in [9.17, 15) is 39.8 Å². The summed E-state index contributed by atoms with van der Waals surface area (Å²) in [4.78, 5) is 23.1. The molecule has 0 spiro atoms. The van der Waals surface area contributed by atoms with Crippen LogP contribution in [0.2, 0.25) is 0 Å². The number of allylic oxidation sites excluding steroid dienone is 8. The molecule has 1 aliphatic rings. The van der Waals surface area contributed by atoms with E-state index in [4.69, 9.17) is 18.5 Å². The van der Waals surface area contributed by atoms with Crippen LogP contribution >= 0.6 is 7.82 Å². The summed E-state index contributed by atoms with van der Waals surface area (Å²) in [6.45, 7) is 4.08. The third-order valence-corrected chi connectivity index (χ3v) is 12.0. The molecule has 0 saturated heterocycles. The van der Waals surface area contributed by atoms with Crippen molar-refractivity contribution in [1.29, 1.82) is 0 Å². The predicted molar refractivity (Wildman–Crippen MR) is 244 cm³/mol.